The fourth-order valence-corrected chi connectivity index (χ4v) is 5.77. The van der Waals surface area contributed by atoms with E-state index in [0.717, 1.165) is 4.31 Å². The molecule has 1 aromatic rings. The molecule has 0 bridgehead atoms. The van der Waals surface area contributed by atoms with E-state index in [1.165, 1.54) is 25.2 Å². The molecule has 27 heavy (non-hydrogen) atoms. The summed E-state index contributed by atoms with van der Waals surface area (Å²) in [6, 6.07) is 3.84. The van der Waals surface area contributed by atoms with Gasteiger partial charge in [0.2, 0.25) is 15.9 Å². The Labute approximate surface area is 158 Å². The summed E-state index contributed by atoms with van der Waals surface area (Å²) in [5.74, 6) is 0.204. The monoisotopic (exact) mass is 418 g/mol. The Morgan fingerprint density at radius 1 is 1.26 bits per heavy atom. The van der Waals surface area contributed by atoms with Gasteiger partial charge in [-0.3, -0.25) is 4.79 Å². The van der Waals surface area contributed by atoms with Crippen molar-refractivity contribution < 1.29 is 31.1 Å². The number of carbonyl (C=O) groups excluding carboxylic acids is 1. The predicted molar refractivity (Wildman–Crippen MR) is 97.1 cm³/mol. The third kappa shape index (κ3) is 4.71. The molecular weight excluding hydrogens is 396 g/mol. The molecule has 1 aromatic carbocycles. The molecule has 0 saturated carbocycles. The summed E-state index contributed by atoms with van der Waals surface area (Å²) in [6.45, 7) is 0.516. The fourth-order valence-electron chi connectivity index (χ4n) is 2.95. The number of sulfone groups is 1. The molecule has 2 aliphatic heterocycles. The summed E-state index contributed by atoms with van der Waals surface area (Å²) < 4.78 is 60.3. The highest BCUT2D eigenvalue weighted by Crippen LogP contribution is 2.32. The van der Waals surface area contributed by atoms with Crippen molar-refractivity contribution in [2.75, 3.05) is 38.3 Å². The first kappa shape index (κ1) is 19.9. The lowest BCUT2D eigenvalue weighted by Gasteiger charge is -2.19. The predicted octanol–water partition coefficient (Wildman–Crippen LogP) is -0.228. The molecule has 0 radical (unpaired) electrons. The second-order valence-electron chi connectivity index (χ2n) is 6.59. The minimum absolute atomic E-state index is 0.00880. The van der Waals surface area contributed by atoms with Crippen LogP contribution in [-0.4, -0.2) is 71.4 Å². The summed E-state index contributed by atoms with van der Waals surface area (Å²) >= 11 is 0. The van der Waals surface area contributed by atoms with Crippen molar-refractivity contribution in [1.82, 2.24) is 9.62 Å². The van der Waals surface area contributed by atoms with Crippen molar-refractivity contribution in [3.05, 3.63) is 18.2 Å². The molecule has 150 valence electrons. The van der Waals surface area contributed by atoms with E-state index < -0.39 is 38.4 Å². The van der Waals surface area contributed by atoms with Crippen LogP contribution in [0.2, 0.25) is 0 Å². The second kappa shape index (κ2) is 7.64. The van der Waals surface area contributed by atoms with Gasteiger partial charge in [0.25, 0.3) is 0 Å². The Morgan fingerprint density at radius 3 is 2.63 bits per heavy atom. The normalized spacial score (nSPS) is 21.6. The number of hydrogen-bond donors (Lipinski definition) is 1. The number of nitrogens with zero attached hydrogens (tertiary/aromatic N) is 1. The van der Waals surface area contributed by atoms with Gasteiger partial charge in [-0.05, 0) is 18.6 Å². The number of nitrogens with one attached hydrogen (secondary N) is 1. The fraction of sp³-hybridized carbons (Fsp3) is 0.562. The number of hydrogen-bond acceptors (Lipinski definition) is 7. The van der Waals surface area contributed by atoms with Crippen molar-refractivity contribution in [2.24, 2.45) is 0 Å². The van der Waals surface area contributed by atoms with Gasteiger partial charge in [0.1, 0.15) is 0 Å². The van der Waals surface area contributed by atoms with Gasteiger partial charge in [0.05, 0.1) is 36.2 Å². The van der Waals surface area contributed by atoms with E-state index in [-0.39, 0.29) is 16.4 Å². The van der Waals surface area contributed by atoms with Crippen molar-refractivity contribution >= 4 is 25.8 Å². The van der Waals surface area contributed by atoms with Gasteiger partial charge in [-0.2, -0.15) is 4.31 Å². The Balaban J connectivity index is 1.67. The lowest BCUT2D eigenvalue weighted by molar-refractivity contribution is -0.121. The first-order valence-electron chi connectivity index (χ1n) is 8.53. The van der Waals surface area contributed by atoms with Crippen LogP contribution in [0.1, 0.15) is 12.8 Å². The number of fused-ring (bicyclic) bond motifs is 1. The van der Waals surface area contributed by atoms with Crippen LogP contribution in [0.25, 0.3) is 0 Å². The maximum Gasteiger partial charge on any atom is 0.243 e. The van der Waals surface area contributed by atoms with Crippen molar-refractivity contribution in [3.8, 4) is 11.5 Å². The van der Waals surface area contributed by atoms with Crippen molar-refractivity contribution in [2.45, 2.75) is 23.8 Å². The summed E-state index contributed by atoms with van der Waals surface area (Å²) in [5, 5.41) is 2.58. The summed E-state index contributed by atoms with van der Waals surface area (Å²) in [6.07, 6.45) is 1.04. The number of sulfonamides is 1. The molecule has 1 fully saturated rings. The SMILES string of the molecule is CN(CC(=O)N[C@@H]1CCS(=O)(=O)C1)S(=O)(=O)c1ccc2c(c1)OCCCO2. The number of benzene rings is 1. The molecule has 9 nitrogen and oxygen atoms in total. The Bertz CT molecular complexity index is 928. The highest BCUT2D eigenvalue weighted by Gasteiger charge is 2.30. The van der Waals surface area contributed by atoms with Crippen LogP contribution in [0.15, 0.2) is 23.1 Å². The Hall–Kier alpha value is -1.85. The number of rotatable bonds is 5. The van der Waals surface area contributed by atoms with Gasteiger partial charge in [-0.25, -0.2) is 16.8 Å². The van der Waals surface area contributed by atoms with E-state index in [9.17, 15) is 21.6 Å². The average Bonchev–Trinajstić information content (AvgIpc) is 2.80. The molecule has 0 spiro atoms. The first-order valence-corrected chi connectivity index (χ1v) is 11.8. The average molecular weight is 418 g/mol. The van der Waals surface area contributed by atoms with E-state index in [1.54, 1.807) is 0 Å². The van der Waals surface area contributed by atoms with Gasteiger partial charge in [0.15, 0.2) is 21.3 Å². The minimum atomic E-state index is -3.92. The first-order chi connectivity index (χ1) is 12.7. The van der Waals surface area contributed by atoms with Crippen LogP contribution in [0.4, 0.5) is 0 Å². The summed E-state index contributed by atoms with van der Waals surface area (Å²) in [4.78, 5) is 12.1. The van der Waals surface area contributed by atoms with E-state index in [1.807, 2.05) is 0 Å². The zero-order chi connectivity index (χ0) is 19.7. The van der Waals surface area contributed by atoms with E-state index in [0.29, 0.717) is 37.6 Å². The van der Waals surface area contributed by atoms with E-state index in [2.05, 4.69) is 5.32 Å². The summed E-state index contributed by atoms with van der Waals surface area (Å²) in [5.41, 5.74) is 0. The zero-order valence-corrected chi connectivity index (χ0v) is 16.5. The van der Waals surface area contributed by atoms with Crippen molar-refractivity contribution in [3.63, 3.8) is 0 Å². The Kier molecular flexibility index (Phi) is 5.63. The highest BCUT2D eigenvalue weighted by atomic mass is 32.2. The standard InChI is InChI=1S/C16H22N2O7S2/c1-18(10-16(19)17-12-5-8-26(20,21)11-12)27(22,23)13-3-4-14-15(9-13)25-7-2-6-24-14/h3-4,9,12H,2,5-8,10-11H2,1H3,(H,17,19)/t12-/m1/s1. The quantitative estimate of drug-likeness (QED) is 0.702. The maximum atomic E-state index is 12.7. The molecule has 1 amide bonds. The minimum Gasteiger partial charge on any atom is -0.490 e. The number of carbonyl (C=O) groups is 1. The lowest BCUT2D eigenvalue weighted by Crippen LogP contribution is -2.43. The molecule has 0 unspecified atom stereocenters. The molecule has 1 atom stereocenters. The second-order valence-corrected chi connectivity index (χ2v) is 10.9. The van der Waals surface area contributed by atoms with Crippen LogP contribution < -0.4 is 14.8 Å². The van der Waals surface area contributed by atoms with E-state index >= 15 is 0 Å². The third-order valence-electron chi connectivity index (χ3n) is 4.39. The zero-order valence-electron chi connectivity index (χ0n) is 14.9. The largest absolute Gasteiger partial charge is 0.490 e. The molecule has 1 N–H and O–H groups in total. The van der Waals surface area contributed by atoms with Crippen LogP contribution in [0, 0.1) is 0 Å². The molecule has 3 rings (SSSR count). The molecule has 11 heteroatoms. The molecule has 0 aliphatic carbocycles. The highest BCUT2D eigenvalue weighted by molar-refractivity contribution is 7.91. The molecule has 0 aromatic heterocycles. The molecule has 2 aliphatic rings. The van der Waals surface area contributed by atoms with Gasteiger partial charge in [-0.15, -0.1) is 0 Å². The van der Waals surface area contributed by atoms with E-state index in [4.69, 9.17) is 9.47 Å². The number of amides is 1. The van der Waals surface area contributed by atoms with Gasteiger partial charge < -0.3 is 14.8 Å². The van der Waals surface area contributed by atoms with Gasteiger partial charge in [0, 0.05) is 25.6 Å². The smallest absolute Gasteiger partial charge is 0.243 e. The van der Waals surface area contributed by atoms with Gasteiger partial charge >= 0.3 is 0 Å². The maximum absolute atomic E-state index is 12.7. The van der Waals surface area contributed by atoms with Crippen LogP contribution in [0.3, 0.4) is 0 Å². The number of likely N-dealkylation sites (N-methyl/N-ethyl adjacent to an activating group) is 1. The third-order valence-corrected chi connectivity index (χ3v) is 7.96. The topological polar surface area (TPSA) is 119 Å². The van der Waals surface area contributed by atoms with Crippen LogP contribution in [-0.2, 0) is 24.7 Å². The van der Waals surface area contributed by atoms with Gasteiger partial charge in [-0.1, -0.05) is 0 Å². The summed E-state index contributed by atoms with van der Waals surface area (Å²) in [7, 11) is -5.75. The van der Waals surface area contributed by atoms with Crippen LogP contribution >= 0.6 is 0 Å². The molecular formula is C16H22N2O7S2. The van der Waals surface area contributed by atoms with Crippen molar-refractivity contribution in [1.29, 1.82) is 0 Å². The molecule has 2 heterocycles. The van der Waals surface area contributed by atoms with Crippen LogP contribution in [0.5, 0.6) is 11.5 Å². The molecule has 1 saturated heterocycles. The number of ether oxygens (including phenoxy) is 2. The lowest BCUT2D eigenvalue weighted by atomic mass is 10.2. The Morgan fingerprint density at radius 2 is 1.96 bits per heavy atom.